The van der Waals surface area contributed by atoms with Crippen LogP contribution in [-0.2, 0) is 9.59 Å². The Morgan fingerprint density at radius 1 is 0.829 bits per heavy atom. The van der Waals surface area contributed by atoms with Gasteiger partial charge in [0.15, 0.2) is 5.78 Å². The van der Waals surface area contributed by atoms with E-state index in [1.807, 2.05) is 36.1 Å². The Bertz CT molecular complexity index is 1420. The quantitative estimate of drug-likeness (QED) is 0.342. The van der Waals surface area contributed by atoms with Gasteiger partial charge in [-0.2, -0.15) is 0 Å². The molecule has 0 unspecified atom stereocenters. The van der Waals surface area contributed by atoms with E-state index < -0.39 is 23.9 Å². The minimum atomic E-state index is -0.828. The Labute approximate surface area is 212 Å². The lowest BCUT2D eigenvalue weighted by molar-refractivity contribution is -0.122. The first-order valence-corrected chi connectivity index (χ1v) is 12.1. The van der Waals surface area contributed by atoms with Crippen LogP contribution in [0.25, 0.3) is 5.57 Å². The predicted molar refractivity (Wildman–Crippen MR) is 137 cm³/mol. The molecule has 3 heterocycles. The van der Waals surface area contributed by atoms with Crippen molar-refractivity contribution in [1.29, 1.82) is 0 Å². The van der Waals surface area contributed by atoms with Crippen molar-refractivity contribution in [3.63, 3.8) is 0 Å². The molecule has 5 nitrogen and oxygen atoms in total. The third kappa shape index (κ3) is 3.26. The number of ketones is 1. The molecule has 2 fully saturated rings. The molecule has 0 spiro atoms. The number of fused-ring (bicyclic) bond motifs is 5. The van der Waals surface area contributed by atoms with Crippen LogP contribution in [0.5, 0.6) is 0 Å². The number of hydrogen-bond acceptors (Lipinski definition) is 4. The number of amides is 2. The molecule has 3 aromatic rings. The summed E-state index contributed by atoms with van der Waals surface area (Å²) in [5.74, 6) is -2.36. The van der Waals surface area contributed by atoms with Crippen LogP contribution in [0, 0.1) is 11.8 Å². The number of rotatable bonds is 3. The number of carbonyl (C=O) groups is 3. The van der Waals surface area contributed by atoms with E-state index in [9.17, 15) is 14.4 Å². The lowest BCUT2D eigenvalue weighted by atomic mass is 9.85. The molecular weight excluding hydrogens is 483 g/mol. The first kappa shape index (κ1) is 22.1. The summed E-state index contributed by atoms with van der Waals surface area (Å²) in [4.78, 5) is 44.8. The molecule has 3 aliphatic heterocycles. The zero-order valence-electron chi connectivity index (χ0n) is 18.7. The number of anilines is 2. The highest BCUT2D eigenvalue weighted by atomic mass is 35.5. The molecule has 0 saturated carbocycles. The Morgan fingerprint density at radius 2 is 1.49 bits per heavy atom. The van der Waals surface area contributed by atoms with Gasteiger partial charge in [0.2, 0.25) is 11.8 Å². The average molecular weight is 503 g/mol. The summed E-state index contributed by atoms with van der Waals surface area (Å²) in [6, 6.07) is 19.8. The third-order valence-corrected chi connectivity index (χ3v) is 7.71. The van der Waals surface area contributed by atoms with Crippen molar-refractivity contribution in [1.82, 2.24) is 0 Å². The molecule has 0 N–H and O–H groups in total. The van der Waals surface area contributed by atoms with Gasteiger partial charge in [-0.25, -0.2) is 4.90 Å². The molecular formula is C28H20Cl2N2O3. The minimum Gasteiger partial charge on any atom is -0.352 e. The largest absolute Gasteiger partial charge is 0.352 e. The van der Waals surface area contributed by atoms with Crippen LogP contribution in [0.2, 0.25) is 10.0 Å². The second-order valence-electron chi connectivity index (χ2n) is 9.12. The van der Waals surface area contributed by atoms with Gasteiger partial charge in [0.05, 0.1) is 23.6 Å². The number of allylic oxidation sites excluding steroid dienone is 1. The first-order chi connectivity index (χ1) is 16.9. The summed E-state index contributed by atoms with van der Waals surface area (Å²) in [5.41, 5.74) is 3.63. The Morgan fingerprint density at radius 3 is 2.20 bits per heavy atom. The van der Waals surface area contributed by atoms with Gasteiger partial charge in [0.1, 0.15) is 6.04 Å². The van der Waals surface area contributed by atoms with Gasteiger partial charge in [-0.3, -0.25) is 14.4 Å². The van der Waals surface area contributed by atoms with Crippen molar-refractivity contribution < 1.29 is 14.4 Å². The molecule has 4 atom stereocenters. The van der Waals surface area contributed by atoms with Gasteiger partial charge in [-0.1, -0.05) is 59.6 Å². The molecule has 3 aromatic carbocycles. The van der Waals surface area contributed by atoms with Crippen molar-refractivity contribution in [2.24, 2.45) is 11.8 Å². The van der Waals surface area contributed by atoms with Gasteiger partial charge >= 0.3 is 0 Å². The molecule has 0 radical (unpaired) electrons. The van der Waals surface area contributed by atoms with Gasteiger partial charge in [-0.15, -0.1) is 0 Å². The molecule has 0 bridgehead atoms. The molecule has 0 aromatic heterocycles. The van der Waals surface area contributed by atoms with E-state index in [2.05, 4.69) is 0 Å². The Hall–Kier alpha value is -3.41. The molecule has 174 valence electrons. The number of halogens is 2. The van der Waals surface area contributed by atoms with Gasteiger partial charge in [0.25, 0.3) is 0 Å². The highest BCUT2D eigenvalue weighted by Gasteiger charge is 2.64. The molecule has 2 amide bonds. The van der Waals surface area contributed by atoms with E-state index in [0.717, 1.165) is 16.8 Å². The van der Waals surface area contributed by atoms with Gasteiger partial charge in [0, 0.05) is 26.9 Å². The highest BCUT2D eigenvalue weighted by molar-refractivity contribution is 6.31. The van der Waals surface area contributed by atoms with Crippen LogP contribution in [-0.4, -0.2) is 29.7 Å². The maximum Gasteiger partial charge on any atom is 0.240 e. The SMILES string of the molecule is CC1=C[C@H]2[C@@H]3C(=O)N(c4ccc(Cl)cc4)C(=O)[C@@H]3[C@H](C(=O)c3ccccc3)N2c2ccc(Cl)cc21. The van der Waals surface area contributed by atoms with Crippen molar-refractivity contribution in [3.8, 4) is 0 Å². The van der Waals surface area contributed by atoms with E-state index >= 15 is 0 Å². The van der Waals surface area contributed by atoms with Gasteiger partial charge < -0.3 is 4.90 Å². The summed E-state index contributed by atoms with van der Waals surface area (Å²) in [6.07, 6.45) is 1.99. The molecule has 0 aliphatic carbocycles. The zero-order valence-corrected chi connectivity index (χ0v) is 20.2. The lowest BCUT2D eigenvalue weighted by Crippen LogP contribution is -2.49. The average Bonchev–Trinajstić information content (AvgIpc) is 3.32. The van der Waals surface area contributed by atoms with E-state index in [1.165, 1.54) is 4.90 Å². The molecule has 35 heavy (non-hydrogen) atoms. The number of nitrogens with zero attached hydrogens (tertiary/aromatic N) is 2. The standard InChI is InChI=1S/C28H20Cl2N2O3/c1-15-13-22-23-24(28(35)31(27(23)34)19-10-7-17(29)8-11-19)25(26(33)16-5-3-2-4-6-16)32(22)21-12-9-18(30)14-20(15)21/h2-14,22-25H,1H3/t22-,23-,24-,25+/m0/s1. The van der Waals surface area contributed by atoms with Crippen molar-refractivity contribution in [2.45, 2.75) is 19.0 Å². The van der Waals surface area contributed by atoms with E-state index in [4.69, 9.17) is 23.2 Å². The lowest BCUT2D eigenvalue weighted by Gasteiger charge is -2.38. The number of Topliss-reactive ketones (excluding diaryl/α,β-unsaturated/α-hetero) is 1. The minimum absolute atomic E-state index is 0.184. The van der Waals surface area contributed by atoms with Crippen LogP contribution < -0.4 is 9.80 Å². The Kier molecular flexibility index (Phi) is 5.09. The zero-order chi connectivity index (χ0) is 24.4. The van der Waals surface area contributed by atoms with Crippen molar-refractivity contribution >= 4 is 57.7 Å². The summed E-state index contributed by atoms with van der Waals surface area (Å²) in [6.45, 7) is 1.96. The first-order valence-electron chi connectivity index (χ1n) is 11.4. The fourth-order valence-corrected chi connectivity index (χ4v) is 6.03. The normalized spacial score (nSPS) is 24.7. The van der Waals surface area contributed by atoms with E-state index in [0.29, 0.717) is 21.3 Å². The van der Waals surface area contributed by atoms with Crippen LogP contribution in [0.3, 0.4) is 0 Å². The van der Waals surface area contributed by atoms with Gasteiger partial charge in [-0.05, 0) is 55.0 Å². The van der Waals surface area contributed by atoms with Crippen molar-refractivity contribution in [3.05, 3.63) is 100 Å². The molecule has 3 aliphatic rings. The summed E-state index contributed by atoms with van der Waals surface area (Å²) in [7, 11) is 0. The fourth-order valence-electron chi connectivity index (χ4n) is 5.73. The van der Waals surface area contributed by atoms with E-state index in [-0.39, 0.29) is 17.6 Å². The summed E-state index contributed by atoms with van der Waals surface area (Å²) >= 11 is 12.3. The highest BCUT2D eigenvalue weighted by Crippen LogP contribution is 2.51. The molecule has 6 rings (SSSR count). The third-order valence-electron chi connectivity index (χ3n) is 7.22. The van der Waals surface area contributed by atoms with E-state index in [1.54, 1.807) is 54.6 Å². The van der Waals surface area contributed by atoms with Crippen molar-refractivity contribution in [2.75, 3.05) is 9.80 Å². The number of hydrogen-bond donors (Lipinski definition) is 0. The topological polar surface area (TPSA) is 57.7 Å². The van der Waals surface area contributed by atoms with Crippen LogP contribution in [0.4, 0.5) is 11.4 Å². The summed E-state index contributed by atoms with van der Waals surface area (Å²) in [5, 5.41) is 1.10. The molecule has 7 heteroatoms. The number of benzene rings is 3. The maximum absolute atomic E-state index is 14.0. The predicted octanol–water partition coefficient (Wildman–Crippen LogP) is 5.66. The smallest absolute Gasteiger partial charge is 0.240 e. The number of carbonyl (C=O) groups excluding carboxylic acids is 3. The fraction of sp³-hybridized carbons (Fsp3) is 0.179. The monoisotopic (exact) mass is 502 g/mol. The van der Waals surface area contributed by atoms with Crippen LogP contribution in [0.15, 0.2) is 78.9 Å². The van der Waals surface area contributed by atoms with Crippen LogP contribution >= 0.6 is 23.2 Å². The Balaban J connectivity index is 1.52. The van der Waals surface area contributed by atoms with Crippen LogP contribution in [0.1, 0.15) is 22.8 Å². The number of imide groups is 1. The second kappa shape index (κ2) is 8.08. The second-order valence-corrected chi connectivity index (χ2v) is 10.00. The summed E-state index contributed by atoms with van der Waals surface area (Å²) < 4.78 is 0. The maximum atomic E-state index is 14.0. The molecule has 2 saturated heterocycles.